The van der Waals surface area contributed by atoms with Crippen LogP contribution in [-0.4, -0.2) is 49.3 Å². The minimum Gasteiger partial charge on any atom is -0.303 e. The van der Waals surface area contributed by atoms with E-state index in [0.717, 1.165) is 30.6 Å². The van der Waals surface area contributed by atoms with Crippen molar-refractivity contribution in [2.75, 3.05) is 20.1 Å². The molecule has 0 bridgehead atoms. The summed E-state index contributed by atoms with van der Waals surface area (Å²) in [6.07, 6.45) is 4.92. The number of likely N-dealkylation sites (tertiary alicyclic amines) is 1. The second-order valence-electron chi connectivity index (χ2n) is 6.33. The lowest BCUT2D eigenvalue weighted by Gasteiger charge is -2.19. The first-order valence-electron chi connectivity index (χ1n) is 8.26. The molecule has 1 fully saturated rings. The minimum absolute atomic E-state index is 0.299. The molecule has 0 amide bonds. The molecule has 3 rings (SSSR count). The molecule has 1 aromatic carbocycles. The summed E-state index contributed by atoms with van der Waals surface area (Å²) in [7, 11) is 0.507. The van der Waals surface area contributed by atoms with Crippen molar-refractivity contribution >= 4 is 10.0 Å². The molecule has 6 nitrogen and oxygen atoms in total. The molecule has 2 heterocycles. The molecule has 24 heavy (non-hydrogen) atoms. The number of aromatic nitrogens is 2. The van der Waals surface area contributed by atoms with Gasteiger partial charge in [0.2, 0.25) is 10.0 Å². The molecule has 1 saturated heterocycles. The van der Waals surface area contributed by atoms with Gasteiger partial charge in [0.1, 0.15) is 0 Å². The third kappa shape index (κ3) is 3.68. The van der Waals surface area contributed by atoms with Gasteiger partial charge in [-0.3, -0.25) is 4.68 Å². The summed E-state index contributed by atoms with van der Waals surface area (Å²) in [5.74, 6) is 0. The summed E-state index contributed by atoms with van der Waals surface area (Å²) in [6.45, 7) is 1.58. The lowest BCUT2D eigenvalue weighted by molar-refractivity contribution is 0.297. The summed E-state index contributed by atoms with van der Waals surface area (Å²) in [4.78, 5) is 2.60. The van der Waals surface area contributed by atoms with Crippen LogP contribution < -0.4 is 4.72 Å². The third-order valence-corrected chi connectivity index (χ3v) is 6.20. The standard InChI is InChI=1S/C17H24N4O2S/c1-20-13-3-4-15(20)9-12-19-24(22,23)16-7-5-14(6-8-16)17-10-11-18-21(17)2/h5-8,10-11,15,19H,3-4,9,12-13H2,1-2H3. The van der Waals surface area contributed by atoms with E-state index in [4.69, 9.17) is 0 Å². The number of nitrogens with one attached hydrogen (secondary N) is 1. The fraction of sp³-hybridized carbons (Fsp3) is 0.471. The van der Waals surface area contributed by atoms with Crippen LogP contribution in [0.1, 0.15) is 19.3 Å². The zero-order valence-corrected chi connectivity index (χ0v) is 15.0. The van der Waals surface area contributed by atoms with Gasteiger partial charge < -0.3 is 4.90 Å². The zero-order chi connectivity index (χ0) is 17.2. The Bertz CT molecular complexity index is 783. The van der Waals surface area contributed by atoms with Crippen molar-refractivity contribution in [2.45, 2.75) is 30.2 Å². The van der Waals surface area contributed by atoms with Crippen LogP contribution in [0.3, 0.4) is 0 Å². The largest absolute Gasteiger partial charge is 0.303 e. The third-order valence-electron chi connectivity index (χ3n) is 4.72. The van der Waals surface area contributed by atoms with Gasteiger partial charge in [-0.2, -0.15) is 5.10 Å². The Morgan fingerprint density at radius 1 is 1.21 bits per heavy atom. The Balaban J connectivity index is 1.63. The number of hydrogen-bond acceptors (Lipinski definition) is 4. The van der Waals surface area contributed by atoms with Crippen molar-refractivity contribution in [3.05, 3.63) is 36.5 Å². The second-order valence-corrected chi connectivity index (χ2v) is 8.09. The van der Waals surface area contributed by atoms with Gasteiger partial charge in [-0.05, 0) is 56.6 Å². The van der Waals surface area contributed by atoms with Gasteiger partial charge in [-0.1, -0.05) is 12.1 Å². The van der Waals surface area contributed by atoms with Crippen LogP contribution in [-0.2, 0) is 17.1 Å². The highest BCUT2D eigenvalue weighted by molar-refractivity contribution is 7.89. The molecule has 1 unspecified atom stereocenters. The van der Waals surface area contributed by atoms with Gasteiger partial charge >= 0.3 is 0 Å². The average molecular weight is 348 g/mol. The van der Waals surface area contributed by atoms with Crippen molar-refractivity contribution in [3.63, 3.8) is 0 Å². The van der Waals surface area contributed by atoms with Gasteiger partial charge in [0.25, 0.3) is 0 Å². The number of rotatable bonds is 6. The Morgan fingerprint density at radius 2 is 1.96 bits per heavy atom. The van der Waals surface area contributed by atoms with Crippen LogP contribution in [0, 0.1) is 0 Å². The molecule has 1 aromatic heterocycles. The quantitative estimate of drug-likeness (QED) is 0.865. The maximum atomic E-state index is 12.4. The van der Waals surface area contributed by atoms with E-state index in [-0.39, 0.29) is 0 Å². The molecule has 1 aliphatic heterocycles. The van der Waals surface area contributed by atoms with Gasteiger partial charge in [0, 0.05) is 25.8 Å². The fourth-order valence-electron chi connectivity index (χ4n) is 3.25. The first kappa shape index (κ1) is 17.1. The van der Waals surface area contributed by atoms with Crippen LogP contribution in [0.2, 0.25) is 0 Å². The van der Waals surface area contributed by atoms with Crippen LogP contribution >= 0.6 is 0 Å². The predicted octanol–water partition coefficient (Wildman–Crippen LogP) is 1.85. The minimum atomic E-state index is -3.46. The van der Waals surface area contributed by atoms with E-state index in [0.29, 0.717) is 17.5 Å². The molecule has 1 aliphatic rings. The fourth-order valence-corrected chi connectivity index (χ4v) is 4.30. The van der Waals surface area contributed by atoms with Crippen LogP contribution in [0.25, 0.3) is 11.3 Å². The highest BCUT2D eigenvalue weighted by atomic mass is 32.2. The Labute approximate surface area is 143 Å². The van der Waals surface area contributed by atoms with Gasteiger partial charge in [0.15, 0.2) is 0 Å². The average Bonchev–Trinajstić information content (AvgIpc) is 3.16. The van der Waals surface area contributed by atoms with Crippen molar-refractivity contribution in [2.24, 2.45) is 7.05 Å². The summed E-state index contributed by atoms with van der Waals surface area (Å²) in [5, 5.41) is 4.13. The van der Waals surface area contributed by atoms with Crippen molar-refractivity contribution < 1.29 is 8.42 Å². The van der Waals surface area contributed by atoms with Crippen molar-refractivity contribution in [1.82, 2.24) is 19.4 Å². The van der Waals surface area contributed by atoms with Gasteiger partial charge in [-0.15, -0.1) is 0 Å². The molecule has 0 radical (unpaired) electrons. The lowest BCUT2D eigenvalue weighted by Crippen LogP contribution is -2.31. The van der Waals surface area contributed by atoms with E-state index in [2.05, 4.69) is 21.8 Å². The van der Waals surface area contributed by atoms with Crippen LogP contribution in [0.5, 0.6) is 0 Å². The molecule has 0 aliphatic carbocycles. The normalized spacial score (nSPS) is 19.0. The van der Waals surface area contributed by atoms with E-state index >= 15 is 0 Å². The smallest absolute Gasteiger partial charge is 0.240 e. The summed E-state index contributed by atoms with van der Waals surface area (Å²) in [6, 6.07) is 9.31. The van der Waals surface area contributed by atoms with Crippen LogP contribution in [0.4, 0.5) is 0 Å². The zero-order valence-electron chi connectivity index (χ0n) is 14.1. The van der Waals surface area contributed by atoms with E-state index in [1.54, 1.807) is 23.0 Å². The van der Waals surface area contributed by atoms with E-state index in [9.17, 15) is 8.42 Å². The Hall–Kier alpha value is -1.70. The number of sulfonamides is 1. The SMILES string of the molecule is CN1CCCC1CCNS(=O)(=O)c1ccc(-c2ccnn2C)cc1. The van der Waals surface area contributed by atoms with Crippen molar-refractivity contribution in [3.8, 4) is 11.3 Å². The monoisotopic (exact) mass is 348 g/mol. The molecule has 2 aromatic rings. The summed E-state index contributed by atoms with van der Waals surface area (Å²) < 4.78 is 29.3. The molecular weight excluding hydrogens is 324 g/mol. The van der Waals surface area contributed by atoms with E-state index in [1.165, 1.54) is 6.42 Å². The van der Waals surface area contributed by atoms with Gasteiger partial charge in [0.05, 0.1) is 10.6 Å². The highest BCUT2D eigenvalue weighted by Crippen LogP contribution is 2.21. The van der Waals surface area contributed by atoms with E-state index in [1.807, 2.05) is 25.2 Å². The molecule has 7 heteroatoms. The number of hydrogen-bond donors (Lipinski definition) is 1. The molecule has 0 saturated carbocycles. The maximum absolute atomic E-state index is 12.4. The topological polar surface area (TPSA) is 67.2 Å². The number of benzene rings is 1. The first-order chi connectivity index (χ1) is 11.5. The second kappa shape index (κ2) is 7.04. The Kier molecular flexibility index (Phi) is 5.03. The number of nitrogens with zero attached hydrogens (tertiary/aromatic N) is 3. The number of aryl methyl sites for hydroxylation is 1. The molecule has 130 valence electrons. The van der Waals surface area contributed by atoms with E-state index < -0.39 is 10.0 Å². The molecule has 0 spiro atoms. The summed E-state index contributed by atoms with van der Waals surface area (Å²) >= 11 is 0. The van der Waals surface area contributed by atoms with Crippen molar-refractivity contribution in [1.29, 1.82) is 0 Å². The molecule has 1 N–H and O–H groups in total. The molecular formula is C17H24N4O2S. The highest BCUT2D eigenvalue weighted by Gasteiger charge is 2.21. The maximum Gasteiger partial charge on any atom is 0.240 e. The van der Waals surface area contributed by atoms with Gasteiger partial charge in [-0.25, -0.2) is 13.1 Å². The van der Waals surface area contributed by atoms with Crippen LogP contribution in [0.15, 0.2) is 41.4 Å². The summed E-state index contributed by atoms with van der Waals surface area (Å²) in [5.41, 5.74) is 1.90. The first-order valence-corrected chi connectivity index (χ1v) is 9.74. The predicted molar refractivity (Wildman–Crippen MR) is 94.1 cm³/mol. The molecule has 1 atom stereocenters. The lowest BCUT2D eigenvalue weighted by atomic mass is 10.1. The Morgan fingerprint density at radius 3 is 2.54 bits per heavy atom.